The summed E-state index contributed by atoms with van der Waals surface area (Å²) in [5.41, 5.74) is 3.59. The van der Waals surface area contributed by atoms with Gasteiger partial charge in [0.25, 0.3) is 0 Å². The minimum atomic E-state index is -0.481. The SMILES string of the molecule is C=CC(=O)OCCOc1ccc(C(C)(C)c2ccc(C(C)(c3ccc(OCCOC(=O)C=C)cc3)C3CCC4(CC3)OCC4OC(=O)C=C)cc2)cc1. The molecule has 0 amide bonds. The summed E-state index contributed by atoms with van der Waals surface area (Å²) in [7, 11) is 0. The van der Waals surface area contributed by atoms with Crippen LogP contribution in [0.4, 0.5) is 0 Å². The zero-order valence-electron chi connectivity index (χ0n) is 31.0. The minimum Gasteiger partial charge on any atom is -0.490 e. The predicted octanol–water partition coefficient (Wildman–Crippen LogP) is 7.59. The molecule has 3 aromatic carbocycles. The number of rotatable bonds is 17. The van der Waals surface area contributed by atoms with Crippen LogP contribution < -0.4 is 9.47 Å². The molecule has 1 heterocycles. The third-order valence-electron chi connectivity index (χ3n) is 10.9. The summed E-state index contributed by atoms with van der Waals surface area (Å²) in [5, 5.41) is 0. The average Bonchev–Trinajstić information content (AvgIpc) is 3.19. The molecule has 1 saturated carbocycles. The van der Waals surface area contributed by atoms with Crippen LogP contribution in [0.3, 0.4) is 0 Å². The lowest BCUT2D eigenvalue weighted by atomic mass is 9.59. The Labute approximate surface area is 312 Å². The first-order valence-corrected chi connectivity index (χ1v) is 18.1. The number of carbonyl (C=O) groups excluding carboxylic acids is 3. The summed E-state index contributed by atoms with van der Waals surface area (Å²) < 4.78 is 33.4. The van der Waals surface area contributed by atoms with Crippen LogP contribution in [-0.4, -0.2) is 62.6 Å². The molecule has 0 N–H and O–H groups in total. The summed E-state index contributed by atoms with van der Waals surface area (Å²) in [5.74, 6) is 0.300. The highest BCUT2D eigenvalue weighted by Gasteiger charge is 2.54. The molecule has 5 rings (SSSR count). The molecule has 53 heavy (non-hydrogen) atoms. The van der Waals surface area contributed by atoms with Crippen molar-refractivity contribution in [3.8, 4) is 11.5 Å². The minimum absolute atomic E-state index is 0.134. The van der Waals surface area contributed by atoms with Gasteiger partial charge in [0.2, 0.25) is 0 Å². The van der Waals surface area contributed by atoms with Crippen molar-refractivity contribution in [3.63, 3.8) is 0 Å². The molecular formula is C44H50O9. The molecule has 0 radical (unpaired) electrons. The van der Waals surface area contributed by atoms with E-state index in [1.165, 1.54) is 17.2 Å². The summed E-state index contributed by atoms with van der Waals surface area (Å²) in [4.78, 5) is 34.7. The second kappa shape index (κ2) is 17.1. The Hall–Kier alpha value is -5.15. The first-order chi connectivity index (χ1) is 25.4. The standard InChI is InChI=1S/C44H50O9/c1-7-39(45)50-28-26-48-36-18-14-32(15-19-36)42(4,5)31-10-12-33(13-11-31)43(6,34-16-20-37(21-17-34)49-27-29-51-40(46)8-2)35-22-24-44(25-23-35)38(30-52-44)53-41(47)9-3/h7-21,35,38H,1-3,22-30H2,4-6H3. The van der Waals surface area contributed by atoms with E-state index in [4.69, 9.17) is 28.4 Å². The quantitative estimate of drug-likeness (QED) is 0.0603. The van der Waals surface area contributed by atoms with Crippen LogP contribution in [0.25, 0.3) is 0 Å². The van der Waals surface area contributed by atoms with E-state index in [1.54, 1.807) is 0 Å². The fourth-order valence-electron chi connectivity index (χ4n) is 7.49. The van der Waals surface area contributed by atoms with E-state index in [2.05, 4.69) is 89.0 Å². The molecule has 9 heteroatoms. The number of esters is 3. The lowest BCUT2D eigenvalue weighted by Crippen LogP contribution is -2.61. The molecule has 1 aliphatic heterocycles. The summed E-state index contributed by atoms with van der Waals surface area (Å²) in [6.07, 6.45) is 6.57. The van der Waals surface area contributed by atoms with Gasteiger partial charge < -0.3 is 28.4 Å². The number of benzene rings is 3. The van der Waals surface area contributed by atoms with Crippen molar-refractivity contribution >= 4 is 17.9 Å². The third-order valence-corrected chi connectivity index (χ3v) is 10.9. The zero-order chi connectivity index (χ0) is 38.1. The van der Waals surface area contributed by atoms with Crippen molar-refractivity contribution in [3.05, 3.63) is 133 Å². The Bertz CT molecular complexity index is 1750. The summed E-state index contributed by atoms with van der Waals surface area (Å²) in [6.45, 7) is 18.3. The van der Waals surface area contributed by atoms with Gasteiger partial charge in [-0.05, 0) is 78.1 Å². The molecule has 1 aliphatic carbocycles. The average molecular weight is 723 g/mol. The molecule has 9 nitrogen and oxygen atoms in total. The van der Waals surface area contributed by atoms with E-state index in [9.17, 15) is 14.4 Å². The first-order valence-electron chi connectivity index (χ1n) is 18.1. The maximum atomic E-state index is 12.0. The first kappa shape index (κ1) is 39.1. The van der Waals surface area contributed by atoms with Crippen molar-refractivity contribution in [1.29, 1.82) is 0 Å². The third kappa shape index (κ3) is 8.91. The Morgan fingerprint density at radius 2 is 1.08 bits per heavy atom. The molecule has 0 aromatic heterocycles. The van der Waals surface area contributed by atoms with Crippen LogP contribution in [0.2, 0.25) is 0 Å². The van der Waals surface area contributed by atoms with Crippen molar-refractivity contribution < 1.29 is 42.8 Å². The van der Waals surface area contributed by atoms with E-state index >= 15 is 0 Å². The summed E-state index contributed by atoms with van der Waals surface area (Å²) in [6, 6.07) is 25.1. The highest BCUT2D eigenvalue weighted by Crippen LogP contribution is 2.52. The zero-order valence-corrected chi connectivity index (χ0v) is 31.0. The van der Waals surface area contributed by atoms with Crippen LogP contribution in [-0.2, 0) is 44.2 Å². The number of carbonyl (C=O) groups is 3. The largest absolute Gasteiger partial charge is 0.490 e. The van der Waals surface area contributed by atoms with Gasteiger partial charge in [0.15, 0.2) is 6.10 Å². The molecule has 1 spiro atoms. The van der Waals surface area contributed by atoms with Crippen LogP contribution in [0, 0.1) is 5.92 Å². The fourth-order valence-corrected chi connectivity index (χ4v) is 7.49. The highest BCUT2D eigenvalue weighted by molar-refractivity contribution is 5.82. The topological polar surface area (TPSA) is 107 Å². The van der Waals surface area contributed by atoms with Crippen LogP contribution in [0.5, 0.6) is 11.5 Å². The monoisotopic (exact) mass is 722 g/mol. The van der Waals surface area contributed by atoms with Crippen molar-refractivity contribution in [2.45, 2.75) is 69.0 Å². The second-order valence-electron chi connectivity index (χ2n) is 14.2. The van der Waals surface area contributed by atoms with E-state index in [-0.39, 0.29) is 49.3 Å². The van der Waals surface area contributed by atoms with E-state index < -0.39 is 23.5 Å². The smallest absolute Gasteiger partial charge is 0.330 e. The molecular weight excluding hydrogens is 672 g/mol. The van der Waals surface area contributed by atoms with Gasteiger partial charge in [-0.3, -0.25) is 0 Å². The van der Waals surface area contributed by atoms with Gasteiger partial charge >= 0.3 is 17.9 Å². The molecule has 0 bridgehead atoms. The summed E-state index contributed by atoms with van der Waals surface area (Å²) >= 11 is 0. The highest BCUT2D eigenvalue weighted by atomic mass is 16.6. The maximum Gasteiger partial charge on any atom is 0.330 e. The second-order valence-corrected chi connectivity index (χ2v) is 14.2. The Morgan fingerprint density at radius 3 is 1.49 bits per heavy atom. The lowest BCUT2D eigenvalue weighted by Gasteiger charge is -2.54. The molecule has 2 aliphatic rings. The van der Waals surface area contributed by atoms with Gasteiger partial charge in [0, 0.05) is 29.1 Å². The molecule has 3 aromatic rings. The molecule has 2 unspecified atom stereocenters. The van der Waals surface area contributed by atoms with Gasteiger partial charge in [0.1, 0.15) is 43.5 Å². The Morgan fingerprint density at radius 1 is 0.660 bits per heavy atom. The number of ether oxygens (including phenoxy) is 6. The predicted molar refractivity (Wildman–Crippen MR) is 202 cm³/mol. The van der Waals surface area contributed by atoms with Crippen LogP contribution >= 0.6 is 0 Å². The number of hydrogen-bond acceptors (Lipinski definition) is 9. The van der Waals surface area contributed by atoms with Gasteiger partial charge in [-0.1, -0.05) is 89.0 Å². The number of hydrogen-bond donors (Lipinski definition) is 0. The Kier molecular flexibility index (Phi) is 12.6. The van der Waals surface area contributed by atoms with Gasteiger partial charge in [-0.2, -0.15) is 0 Å². The Balaban J connectivity index is 1.34. The molecule has 2 fully saturated rings. The van der Waals surface area contributed by atoms with Crippen LogP contribution in [0.15, 0.2) is 111 Å². The molecule has 2 atom stereocenters. The maximum absolute atomic E-state index is 12.0. The van der Waals surface area contributed by atoms with Gasteiger partial charge in [-0.25, -0.2) is 14.4 Å². The van der Waals surface area contributed by atoms with Crippen molar-refractivity contribution in [2.24, 2.45) is 5.92 Å². The van der Waals surface area contributed by atoms with E-state index in [0.29, 0.717) is 18.1 Å². The lowest BCUT2D eigenvalue weighted by molar-refractivity contribution is -0.263. The van der Waals surface area contributed by atoms with Crippen LogP contribution in [0.1, 0.15) is 68.7 Å². The van der Waals surface area contributed by atoms with Gasteiger partial charge in [0.05, 0.1) is 6.61 Å². The normalized spacial score (nSPS) is 20.5. The van der Waals surface area contributed by atoms with Gasteiger partial charge in [-0.15, -0.1) is 0 Å². The van der Waals surface area contributed by atoms with E-state index in [1.807, 2.05) is 24.3 Å². The molecule has 280 valence electrons. The van der Waals surface area contributed by atoms with Crippen molar-refractivity contribution in [2.75, 3.05) is 33.0 Å². The fraction of sp³-hybridized carbons (Fsp3) is 0.386. The molecule has 1 saturated heterocycles. The van der Waals surface area contributed by atoms with E-state index in [0.717, 1.165) is 49.0 Å². The van der Waals surface area contributed by atoms with Crippen molar-refractivity contribution in [1.82, 2.24) is 0 Å².